The zero-order valence-electron chi connectivity index (χ0n) is 13.4. The number of carbonyl (C=O) groups is 1. The van der Waals surface area contributed by atoms with E-state index in [0.29, 0.717) is 23.9 Å². The Labute approximate surface area is 140 Å². The first-order valence-corrected chi connectivity index (χ1v) is 8.34. The Balaban J connectivity index is 1.51. The van der Waals surface area contributed by atoms with Crippen molar-refractivity contribution in [2.24, 2.45) is 11.3 Å². The molecule has 1 saturated heterocycles. The summed E-state index contributed by atoms with van der Waals surface area (Å²) in [7, 11) is 0. The summed E-state index contributed by atoms with van der Waals surface area (Å²) >= 11 is 0. The molecule has 2 fully saturated rings. The molecule has 0 aromatic carbocycles. The molecule has 6 nitrogen and oxygen atoms in total. The molecule has 2 atom stereocenters. The number of aliphatic hydroxyl groups excluding tert-OH is 1. The molecule has 0 radical (unpaired) electrons. The van der Waals surface area contributed by atoms with Gasteiger partial charge < -0.3 is 10.0 Å². The molecule has 1 N–H and O–H groups in total. The van der Waals surface area contributed by atoms with Crippen LogP contribution < -0.4 is 0 Å². The Morgan fingerprint density at radius 2 is 2.04 bits per heavy atom. The highest BCUT2D eigenvalue weighted by molar-refractivity contribution is 5.94. The summed E-state index contributed by atoms with van der Waals surface area (Å²) in [6, 6.07) is 3.67. The molecule has 0 unspecified atom stereocenters. The highest BCUT2D eigenvalue weighted by Crippen LogP contribution is 2.48. The number of rotatable bonds is 3. The first-order chi connectivity index (χ1) is 11.7. The van der Waals surface area contributed by atoms with Crippen LogP contribution in [0.1, 0.15) is 29.6 Å². The molecule has 1 aliphatic heterocycles. The topological polar surface area (TPSA) is 79.2 Å². The average molecular weight is 324 g/mol. The fourth-order valence-corrected chi connectivity index (χ4v) is 4.10. The molecule has 6 heteroatoms. The number of fused-ring (bicyclic) bond motifs is 1. The Kier molecular flexibility index (Phi) is 3.76. The van der Waals surface area contributed by atoms with Crippen LogP contribution in [-0.2, 0) is 0 Å². The number of hydrogen-bond donors (Lipinski definition) is 1. The molecule has 0 bridgehead atoms. The van der Waals surface area contributed by atoms with Gasteiger partial charge in [0.15, 0.2) is 5.82 Å². The lowest BCUT2D eigenvalue weighted by Crippen LogP contribution is -2.34. The quantitative estimate of drug-likeness (QED) is 0.931. The van der Waals surface area contributed by atoms with E-state index in [0.717, 1.165) is 31.4 Å². The summed E-state index contributed by atoms with van der Waals surface area (Å²) in [4.78, 5) is 27.2. The number of carbonyl (C=O) groups excluding carboxylic acids is 1. The second kappa shape index (κ2) is 5.94. The number of hydrogen-bond acceptors (Lipinski definition) is 5. The molecular formula is C18H20N4O2. The average Bonchev–Trinajstić information content (AvgIpc) is 3.19. The van der Waals surface area contributed by atoms with E-state index in [1.54, 1.807) is 24.8 Å². The molecule has 1 saturated carbocycles. The maximum Gasteiger partial charge on any atom is 0.257 e. The Hall–Kier alpha value is -2.34. The van der Waals surface area contributed by atoms with Gasteiger partial charge in [0, 0.05) is 48.9 Å². The minimum atomic E-state index is -0.0898. The molecule has 1 amide bonds. The summed E-state index contributed by atoms with van der Waals surface area (Å²) < 4.78 is 0. The zero-order valence-corrected chi connectivity index (χ0v) is 13.4. The number of likely N-dealkylation sites (tertiary alicyclic amines) is 1. The SMILES string of the molecule is O=C(c1cnc(-c2ccncc2)nc1)N1C[C@H]2CCC[C@@]2(CO)C1. The van der Waals surface area contributed by atoms with Crippen molar-refractivity contribution in [1.82, 2.24) is 19.9 Å². The van der Waals surface area contributed by atoms with Crippen molar-refractivity contribution in [2.75, 3.05) is 19.7 Å². The maximum atomic E-state index is 12.7. The Morgan fingerprint density at radius 1 is 1.29 bits per heavy atom. The minimum absolute atomic E-state index is 0.0431. The van der Waals surface area contributed by atoms with Gasteiger partial charge in [0.2, 0.25) is 0 Å². The second-order valence-electron chi connectivity index (χ2n) is 6.83. The molecular weight excluding hydrogens is 304 g/mol. The van der Waals surface area contributed by atoms with E-state index in [-0.39, 0.29) is 17.9 Å². The first kappa shape index (κ1) is 15.2. The number of amides is 1. The van der Waals surface area contributed by atoms with Gasteiger partial charge in [-0.2, -0.15) is 0 Å². The van der Waals surface area contributed by atoms with Gasteiger partial charge in [0.05, 0.1) is 12.2 Å². The predicted octanol–water partition coefficient (Wildman–Crippen LogP) is 1.77. The van der Waals surface area contributed by atoms with Crippen LogP contribution in [0.2, 0.25) is 0 Å². The number of aliphatic hydroxyl groups is 1. The van der Waals surface area contributed by atoms with Crippen LogP contribution in [0, 0.1) is 11.3 Å². The summed E-state index contributed by atoms with van der Waals surface area (Å²) in [5.74, 6) is 0.959. The lowest BCUT2D eigenvalue weighted by atomic mass is 9.82. The largest absolute Gasteiger partial charge is 0.396 e. The third-order valence-electron chi connectivity index (χ3n) is 5.48. The fraction of sp³-hybridized carbons (Fsp3) is 0.444. The van der Waals surface area contributed by atoms with Crippen LogP contribution in [0.4, 0.5) is 0 Å². The van der Waals surface area contributed by atoms with E-state index >= 15 is 0 Å². The van der Waals surface area contributed by atoms with Gasteiger partial charge >= 0.3 is 0 Å². The standard InChI is InChI=1S/C18H20N4O2/c23-12-18-5-1-2-15(18)10-22(11-18)17(24)14-8-20-16(21-9-14)13-3-6-19-7-4-13/h3-4,6-9,15,23H,1-2,5,10-12H2/t15-,18+/m1/s1. The van der Waals surface area contributed by atoms with Crippen molar-refractivity contribution >= 4 is 5.91 Å². The van der Waals surface area contributed by atoms with E-state index in [1.165, 1.54) is 0 Å². The van der Waals surface area contributed by atoms with Crippen molar-refractivity contribution < 1.29 is 9.90 Å². The van der Waals surface area contributed by atoms with Gasteiger partial charge in [-0.05, 0) is 30.9 Å². The smallest absolute Gasteiger partial charge is 0.257 e. The molecule has 124 valence electrons. The van der Waals surface area contributed by atoms with Crippen LogP contribution in [0.15, 0.2) is 36.9 Å². The van der Waals surface area contributed by atoms with Crippen molar-refractivity contribution in [2.45, 2.75) is 19.3 Å². The molecule has 1 aliphatic carbocycles. The highest BCUT2D eigenvalue weighted by Gasteiger charge is 2.50. The summed E-state index contributed by atoms with van der Waals surface area (Å²) in [6.07, 6.45) is 9.81. The molecule has 2 aromatic rings. The van der Waals surface area contributed by atoms with Gasteiger partial charge in [0.25, 0.3) is 5.91 Å². The van der Waals surface area contributed by atoms with Crippen molar-refractivity contribution in [3.8, 4) is 11.4 Å². The van der Waals surface area contributed by atoms with Gasteiger partial charge in [-0.1, -0.05) is 6.42 Å². The van der Waals surface area contributed by atoms with Crippen molar-refractivity contribution in [3.63, 3.8) is 0 Å². The fourth-order valence-electron chi connectivity index (χ4n) is 4.10. The first-order valence-electron chi connectivity index (χ1n) is 8.34. The third-order valence-corrected chi connectivity index (χ3v) is 5.48. The van der Waals surface area contributed by atoms with E-state index in [9.17, 15) is 9.90 Å². The van der Waals surface area contributed by atoms with E-state index in [2.05, 4.69) is 15.0 Å². The highest BCUT2D eigenvalue weighted by atomic mass is 16.3. The Morgan fingerprint density at radius 3 is 2.71 bits per heavy atom. The van der Waals surface area contributed by atoms with Gasteiger partial charge in [-0.3, -0.25) is 9.78 Å². The number of aromatic nitrogens is 3. The molecule has 2 aromatic heterocycles. The van der Waals surface area contributed by atoms with Crippen LogP contribution >= 0.6 is 0 Å². The van der Waals surface area contributed by atoms with Gasteiger partial charge in [-0.15, -0.1) is 0 Å². The second-order valence-corrected chi connectivity index (χ2v) is 6.83. The van der Waals surface area contributed by atoms with E-state index in [4.69, 9.17) is 0 Å². The lowest BCUT2D eigenvalue weighted by Gasteiger charge is -2.25. The normalized spacial score (nSPS) is 25.7. The number of pyridine rings is 1. The monoisotopic (exact) mass is 324 g/mol. The predicted molar refractivity (Wildman–Crippen MR) is 88.0 cm³/mol. The summed E-state index contributed by atoms with van der Waals surface area (Å²) in [6.45, 7) is 1.53. The lowest BCUT2D eigenvalue weighted by molar-refractivity contribution is 0.0733. The molecule has 3 heterocycles. The van der Waals surface area contributed by atoms with Crippen LogP contribution in [0.25, 0.3) is 11.4 Å². The molecule has 4 rings (SSSR count). The number of nitrogens with zero attached hydrogens (tertiary/aromatic N) is 4. The van der Waals surface area contributed by atoms with Crippen LogP contribution in [0.5, 0.6) is 0 Å². The minimum Gasteiger partial charge on any atom is -0.396 e. The van der Waals surface area contributed by atoms with Gasteiger partial charge in [0.1, 0.15) is 0 Å². The summed E-state index contributed by atoms with van der Waals surface area (Å²) in [5, 5.41) is 9.79. The summed E-state index contributed by atoms with van der Waals surface area (Å²) in [5.41, 5.74) is 1.29. The molecule has 2 aliphatic rings. The van der Waals surface area contributed by atoms with Gasteiger partial charge in [-0.25, -0.2) is 9.97 Å². The van der Waals surface area contributed by atoms with E-state index in [1.807, 2.05) is 17.0 Å². The molecule has 24 heavy (non-hydrogen) atoms. The Bertz CT molecular complexity index is 734. The van der Waals surface area contributed by atoms with Crippen LogP contribution in [0.3, 0.4) is 0 Å². The van der Waals surface area contributed by atoms with Crippen molar-refractivity contribution in [3.05, 3.63) is 42.5 Å². The molecule has 0 spiro atoms. The maximum absolute atomic E-state index is 12.7. The van der Waals surface area contributed by atoms with Crippen molar-refractivity contribution in [1.29, 1.82) is 0 Å². The van der Waals surface area contributed by atoms with Crippen LogP contribution in [-0.4, -0.2) is 50.6 Å². The van der Waals surface area contributed by atoms with E-state index < -0.39 is 0 Å². The third kappa shape index (κ3) is 2.47. The zero-order chi connectivity index (χ0) is 16.6.